The number of hydrogen-bond donors (Lipinski definition) is 0. The molecule has 10 nitrogen and oxygen atoms in total. The SMILES string of the molecule is C=Cc1ncc2cnc(-c3c(COC)nn(C)c3OC(C)CN(C)Cc3nn(C)c(C)c3C)cn12.CC. The highest BCUT2D eigenvalue weighted by Crippen LogP contribution is 2.33. The highest BCUT2D eigenvalue weighted by atomic mass is 16.5. The van der Waals surface area contributed by atoms with Crippen molar-refractivity contribution < 1.29 is 9.47 Å². The average Bonchev–Trinajstić information content (AvgIpc) is 3.50. The van der Waals surface area contributed by atoms with Gasteiger partial charge in [0.15, 0.2) is 0 Å². The summed E-state index contributed by atoms with van der Waals surface area (Å²) in [7, 11) is 7.58. The van der Waals surface area contributed by atoms with Gasteiger partial charge in [0, 0.05) is 46.2 Å². The van der Waals surface area contributed by atoms with E-state index < -0.39 is 0 Å². The van der Waals surface area contributed by atoms with Gasteiger partial charge in [0.1, 0.15) is 17.6 Å². The van der Waals surface area contributed by atoms with Crippen LogP contribution in [0.3, 0.4) is 0 Å². The zero-order chi connectivity index (χ0) is 27.3. The van der Waals surface area contributed by atoms with Crippen LogP contribution in [0.2, 0.25) is 0 Å². The Bertz CT molecular complexity index is 1350. The highest BCUT2D eigenvalue weighted by Gasteiger charge is 2.24. The number of hydrogen-bond acceptors (Lipinski definition) is 7. The fourth-order valence-electron chi connectivity index (χ4n) is 4.31. The largest absolute Gasteiger partial charge is 0.473 e. The van der Waals surface area contributed by atoms with Crippen molar-refractivity contribution in [3.05, 3.63) is 53.6 Å². The molecule has 4 aromatic rings. The fourth-order valence-corrected chi connectivity index (χ4v) is 4.31. The summed E-state index contributed by atoms with van der Waals surface area (Å²) in [5.41, 5.74) is 6.69. The Balaban J connectivity index is 0.00000186. The average molecular weight is 509 g/mol. The second-order valence-corrected chi connectivity index (χ2v) is 8.98. The lowest BCUT2D eigenvalue weighted by atomic mass is 10.1. The Labute approximate surface area is 219 Å². The molecule has 4 aromatic heterocycles. The topological polar surface area (TPSA) is 87.5 Å². The lowest BCUT2D eigenvalue weighted by molar-refractivity contribution is 0.148. The summed E-state index contributed by atoms with van der Waals surface area (Å²) >= 11 is 0. The lowest BCUT2D eigenvalue weighted by Crippen LogP contribution is -2.31. The zero-order valence-corrected chi connectivity index (χ0v) is 23.6. The maximum Gasteiger partial charge on any atom is 0.221 e. The third-order valence-electron chi connectivity index (χ3n) is 6.26. The minimum absolute atomic E-state index is 0.102. The van der Waals surface area contributed by atoms with Crippen LogP contribution < -0.4 is 4.74 Å². The molecule has 0 fully saturated rings. The molecule has 0 N–H and O–H groups in total. The molecule has 10 heteroatoms. The van der Waals surface area contributed by atoms with Crippen molar-refractivity contribution in [3.63, 3.8) is 0 Å². The predicted molar refractivity (Wildman–Crippen MR) is 146 cm³/mol. The van der Waals surface area contributed by atoms with E-state index >= 15 is 0 Å². The smallest absolute Gasteiger partial charge is 0.221 e. The van der Waals surface area contributed by atoms with Gasteiger partial charge in [-0.25, -0.2) is 9.67 Å². The van der Waals surface area contributed by atoms with Crippen LogP contribution in [0, 0.1) is 13.8 Å². The van der Waals surface area contributed by atoms with E-state index in [4.69, 9.17) is 9.47 Å². The van der Waals surface area contributed by atoms with E-state index in [2.05, 4.69) is 59.5 Å². The van der Waals surface area contributed by atoms with Crippen LogP contribution in [0.25, 0.3) is 22.9 Å². The van der Waals surface area contributed by atoms with Crippen LogP contribution in [0.4, 0.5) is 0 Å². The second kappa shape index (κ2) is 12.2. The molecule has 4 heterocycles. The van der Waals surface area contributed by atoms with Crippen LogP contribution in [0.5, 0.6) is 5.88 Å². The van der Waals surface area contributed by atoms with Crippen LogP contribution in [-0.4, -0.2) is 65.6 Å². The summed E-state index contributed by atoms with van der Waals surface area (Å²) < 4.78 is 17.5. The number of imidazole rings is 1. The molecular weight excluding hydrogens is 468 g/mol. The van der Waals surface area contributed by atoms with Gasteiger partial charge in [0.2, 0.25) is 5.88 Å². The molecule has 0 aliphatic heterocycles. The van der Waals surface area contributed by atoms with Gasteiger partial charge in [-0.3, -0.25) is 19.0 Å². The monoisotopic (exact) mass is 508 g/mol. The van der Waals surface area contributed by atoms with E-state index in [9.17, 15) is 0 Å². The minimum atomic E-state index is -0.102. The number of ether oxygens (including phenoxy) is 2. The number of aromatic nitrogens is 7. The standard InChI is InChI=1S/C25H34N8O2.C2H6/c1-9-23-27-11-19-10-26-21(14-33(19)23)24-22(15-34-8)29-32(7)25(24)35-16(2)12-30(5)13-20-17(3)18(4)31(6)28-20;1-2/h9-11,14,16H,1,12-13,15H2,2-8H3;1-2H3. The lowest BCUT2D eigenvalue weighted by Gasteiger charge is -2.22. The molecule has 0 aromatic carbocycles. The van der Waals surface area contributed by atoms with Gasteiger partial charge in [-0.05, 0) is 39.5 Å². The van der Waals surface area contributed by atoms with Crippen molar-refractivity contribution in [1.82, 2.24) is 38.8 Å². The molecule has 1 atom stereocenters. The molecule has 37 heavy (non-hydrogen) atoms. The molecule has 0 radical (unpaired) electrons. The predicted octanol–water partition coefficient (Wildman–Crippen LogP) is 4.20. The number of rotatable bonds is 10. The summed E-state index contributed by atoms with van der Waals surface area (Å²) in [4.78, 5) is 11.3. The fraction of sp³-hybridized carbons (Fsp3) is 0.481. The van der Waals surface area contributed by atoms with Crippen molar-refractivity contribution >= 4 is 11.6 Å². The Morgan fingerprint density at radius 2 is 1.76 bits per heavy atom. The number of likely N-dealkylation sites (N-methyl/N-ethyl adjacent to an activating group) is 1. The normalized spacial score (nSPS) is 12.1. The summed E-state index contributed by atoms with van der Waals surface area (Å²) in [6.07, 6.45) is 7.11. The summed E-state index contributed by atoms with van der Waals surface area (Å²) in [5, 5.41) is 9.32. The number of methoxy groups -OCH3 is 1. The third kappa shape index (κ3) is 5.91. The number of nitrogens with zero attached hydrogens (tertiary/aromatic N) is 8. The van der Waals surface area contributed by atoms with Gasteiger partial charge in [-0.15, -0.1) is 0 Å². The molecule has 0 aliphatic rings. The van der Waals surface area contributed by atoms with Gasteiger partial charge >= 0.3 is 0 Å². The highest BCUT2D eigenvalue weighted by molar-refractivity contribution is 5.69. The van der Waals surface area contributed by atoms with Gasteiger partial charge in [-0.1, -0.05) is 20.4 Å². The first-order valence-corrected chi connectivity index (χ1v) is 12.6. The molecule has 1 unspecified atom stereocenters. The minimum Gasteiger partial charge on any atom is -0.473 e. The van der Waals surface area contributed by atoms with Crippen LogP contribution in [0.15, 0.2) is 25.2 Å². The summed E-state index contributed by atoms with van der Waals surface area (Å²) in [6, 6.07) is 0. The van der Waals surface area contributed by atoms with E-state index in [1.807, 2.05) is 43.2 Å². The van der Waals surface area contributed by atoms with E-state index in [1.165, 1.54) is 11.3 Å². The quantitative estimate of drug-likeness (QED) is 0.317. The summed E-state index contributed by atoms with van der Waals surface area (Å²) in [6.45, 7) is 15.9. The molecule has 0 saturated carbocycles. The molecular formula is C27H40N8O2. The second-order valence-electron chi connectivity index (χ2n) is 8.98. The molecule has 0 amide bonds. The summed E-state index contributed by atoms with van der Waals surface area (Å²) in [5.74, 6) is 1.40. The van der Waals surface area contributed by atoms with Crippen LogP contribution in [0.1, 0.15) is 49.2 Å². The van der Waals surface area contributed by atoms with E-state index in [0.29, 0.717) is 19.0 Å². The van der Waals surface area contributed by atoms with E-state index in [0.717, 1.165) is 40.5 Å². The molecule has 0 spiro atoms. The zero-order valence-electron chi connectivity index (χ0n) is 23.6. The van der Waals surface area contributed by atoms with Crippen molar-refractivity contribution in [3.8, 4) is 17.1 Å². The Kier molecular flexibility index (Phi) is 9.23. The van der Waals surface area contributed by atoms with Crippen LogP contribution >= 0.6 is 0 Å². The molecule has 0 saturated heterocycles. The Morgan fingerprint density at radius 3 is 2.38 bits per heavy atom. The van der Waals surface area contributed by atoms with Crippen molar-refractivity contribution in [2.45, 2.75) is 53.9 Å². The van der Waals surface area contributed by atoms with Gasteiger partial charge in [0.05, 0.1) is 41.5 Å². The molecule has 0 bridgehead atoms. The van der Waals surface area contributed by atoms with Gasteiger partial charge < -0.3 is 9.47 Å². The number of aryl methyl sites for hydroxylation is 2. The Hall–Kier alpha value is -3.50. The third-order valence-corrected chi connectivity index (χ3v) is 6.26. The van der Waals surface area contributed by atoms with Crippen molar-refractivity contribution in [2.75, 3.05) is 20.7 Å². The maximum atomic E-state index is 6.47. The van der Waals surface area contributed by atoms with E-state index in [1.54, 1.807) is 30.3 Å². The molecule has 0 aliphatic carbocycles. The number of fused-ring (bicyclic) bond motifs is 1. The molecule has 200 valence electrons. The first kappa shape index (κ1) is 28.1. The first-order valence-electron chi connectivity index (χ1n) is 12.6. The Morgan fingerprint density at radius 1 is 1.08 bits per heavy atom. The first-order chi connectivity index (χ1) is 17.7. The molecule has 4 rings (SSSR count). The van der Waals surface area contributed by atoms with Crippen LogP contribution in [-0.2, 0) is 32.0 Å². The van der Waals surface area contributed by atoms with E-state index in [-0.39, 0.29) is 6.10 Å². The van der Waals surface area contributed by atoms with Gasteiger partial charge in [0.25, 0.3) is 0 Å². The van der Waals surface area contributed by atoms with Crippen molar-refractivity contribution in [1.29, 1.82) is 0 Å². The van der Waals surface area contributed by atoms with Gasteiger partial charge in [-0.2, -0.15) is 10.2 Å². The maximum absolute atomic E-state index is 6.47. The van der Waals surface area contributed by atoms with Crippen molar-refractivity contribution in [2.24, 2.45) is 14.1 Å².